The number of nitrogens with zero attached hydrogens (tertiary/aromatic N) is 2. The summed E-state index contributed by atoms with van der Waals surface area (Å²) in [6.45, 7) is 1.56. The SMILES string of the molecule is NCc1nn(-c2ccc(O)cc2)c2c1COC2. The molecule has 0 aliphatic carbocycles. The van der Waals surface area contributed by atoms with Crippen LogP contribution < -0.4 is 5.73 Å². The molecule has 0 saturated carbocycles. The van der Waals surface area contributed by atoms with Crippen molar-refractivity contribution in [2.24, 2.45) is 5.73 Å². The van der Waals surface area contributed by atoms with Gasteiger partial charge in [-0.05, 0) is 24.3 Å². The van der Waals surface area contributed by atoms with E-state index in [4.69, 9.17) is 10.5 Å². The summed E-state index contributed by atoms with van der Waals surface area (Å²) in [5.41, 5.74) is 9.60. The van der Waals surface area contributed by atoms with Crippen LogP contribution in [0.1, 0.15) is 17.0 Å². The number of hydrogen-bond acceptors (Lipinski definition) is 4. The molecule has 88 valence electrons. The topological polar surface area (TPSA) is 73.3 Å². The van der Waals surface area contributed by atoms with Crippen molar-refractivity contribution in [3.63, 3.8) is 0 Å². The Labute approximate surface area is 98.4 Å². The Kier molecular flexibility index (Phi) is 2.35. The predicted octanol–water partition coefficient (Wildman–Crippen LogP) is 1.07. The molecule has 0 unspecified atom stereocenters. The van der Waals surface area contributed by atoms with Crippen LogP contribution in [-0.4, -0.2) is 14.9 Å². The largest absolute Gasteiger partial charge is 0.508 e. The average molecular weight is 231 g/mol. The van der Waals surface area contributed by atoms with E-state index in [-0.39, 0.29) is 5.75 Å². The maximum Gasteiger partial charge on any atom is 0.115 e. The van der Waals surface area contributed by atoms with E-state index in [9.17, 15) is 5.11 Å². The Hall–Kier alpha value is -1.85. The molecule has 1 aromatic carbocycles. The Balaban J connectivity index is 2.12. The second-order valence-electron chi connectivity index (χ2n) is 4.00. The fraction of sp³-hybridized carbons (Fsp3) is 0.250. The number of benzene rings is 1. The Bertz CT molecular complexity index is 546. The maximum atomic E-state index is 9.27. The number of aromatic hydroxyl groups is 1. The van der Waals surface area contributed by atoms with Gasteiger partial charge in [-0.2, -0.15) is 5.10 Å². The number of ether oxygens (including phenoxy) is 1. The minimum absolute atomic E-state index is 0.243. The number of hydrogen-bond donors (Lipinski definition) is 2. The van der Waals surface area contributed by atoms with Gasteiger partial charge in [0.05, 0.1) is 30.3 Å². The quantitative estimate of drug-likeness (QED) is 0.810. The third kappa shape index (κ3) is 1.60. The molecule has 17 heavy (non-hydrogen) atoms. The molecule has 2 heterocycles. The summed E-state index contributed by atoms with van der Waals surface area (Å²) in [6, 6.07) is 6.92. The lowest BCUT2D eigenvalue weighted by molar-refractivity contribution is 0.130. The zero-order valence-electron chi connectivity index (χ0n) is 9.26. The fourth-order valence-electron chi connectivity index (χ4n) is 2.07. The third-order valence-corrected chi connectivity index (χ3v) is 2.95. The lowest BCUT2D eigenvalue weighted by atomic mass is 10.2. The highest BCUT2D eigenvalue weighted by Crippen LogP contribution is 2.26. The molecular formula is C12H13N3O2. The van der Waals surface area contributed by atoms with E-state index in [1.807, 2.05) is 16.8 Å². The Morgan fingerprint density at radius 1 is 1.29 bits per heavy atom. The molecule has 0 saturated heterocycles. The smallest absolute Gasteiger partial charge is 0.115 e. The van der Waals surface area contributed by atoms with Gasteiger partial charge in [0.15, 0.2) is 0 Å². The summed E-state index contributed by atoms with van der Waals surface area (Å²) < 4.78 is 7.25. The molecule has 0 atom stereocenters. The van der Waals surface area contributed by atoms with Crippen LogP contribution >= 0.6 is 0 Å². The summed E-state index contributed by atoms with van der Waals surface area (Å²) in [5.74, 6) is 0.243. The minimum Gasteiger partial charge on any atom is -0.508 e. The lowest BCUT2D eigenvalue weighted by Gasteiger charge is -2.05. The van der Waals surface area contributed by atoms with Gasteiger partial charge in [-0.3, -0.25) is 0 Å². The molecule has 0 bridgehead atoms. The van der Waals surface area contributed by atoms with Gasteiger partial charge in [-0.25, -0.2) is 4.68 Å². The van der Waals surface area contributed by atoms with Crippen LogP contribution in [0.25, 0.3) is 5.69 Å². The molecular weight excluding hydrogens is 218 g/mol. The molecule has 0 spiro atoms. The van der Waals surface area contributed by atoms with Crippen molar-refractivity contribution in [1.29, 1.82) is 0 Å². The van der Waals surface area contributed by atoms with Crippen molar-refractivity contribution in [3.8, 4) is 11.4 Å². The van der Waals surface area contributed by atoms with Gasteiger partial charge in [0, 0.05) is 12.1 Å². The summed E-state index contributed by atoms with van der Waals surface area (Å²) >= 11 is 0. The summed E-state index contributed by atoms with van der Waals surface area (Å²) in [6.07, 6.45) is 0. The Morgan fingerprint density at radius 2 is 2.06 bits per heavy atom. The van der Waals surface area contributed by atoms with Crippen molar-refractivity contribution in [1.82, 2.24) is 9.78 Å². The predicted molar refractivity (Wildman–Crippen MR) is 61.6 cm³/mol. The maximum absolute atomic E-state index is 9.27. The van der Waals surface area contributed by atoms with Gasteiger partial charge in [0.2, 0.25) is 0 Å². The van der Waals surface area contributed by atoms with Crippen molar-refractivity contribution in [2.45, 2.75) is 19.8 Å². The fourth-order valence-corrected chi connectivity index (χ4v) is 2.07. The molecule has 0 amide bonds. The van der Waals surface area contributed by atoms with E-state index >= 15 is 0 Å². The molecule has 0 fully saturated rings. The summed E-state index contributed by atoms with van der Waals surface area (Å²) in [7, 11) is 0. The van der Waals surface area contributed by atoms with Gasteiger partial charge in [0.25, 0.3) is 0 Å². The second kappa shape index (κ2) is 3.87. The molecule has 3 N–H and O–H groups in total. The third-order valence-electron chi connectivity index (χ3n) is 2.95. The molecule has 2 aromatic rings. The summed E-state index contributed by atoms with van der Waals surface area (Å²) in [5, 5.41) is 13.8. The van der Waals surface area contributed by atoms with Gasteiger partial charge >= 0.3 is 0 Å². The number of phenols is 1. The lowest BCUT2D eigenvalue weighted by Crippen LogP contribution is -2.04. The van der Waals surface area contributed by atoms with Crippen molar-refractivity contribution in [3.05, 3.63) is 41.2 Å². The van der Waals surface area contributed by atoms with Crippen LogP contribution in [-0.2, 0) is 24.5 Å². The van der Waals surface area contributed by atoms with Crippen molar-refractivity contribution in [2.75, 3.05) is 0 Å². The zero-order chi connectivity index (χ0) is 11.8. The molecule has 1 aromatic heterocycles. The highest BCUT2D eigenvalue weighted by atomic mass is 16.5. The van der Waals surface area contributed by atoms with Gasteiger partial charge in [0.1, 0.15) is 5.75 Å². The van der Waals surface area contributed by atoms with Gasteiger partial charge in [-0.1, -0.05) is 0 Å². The number of nitrogens with two attached hydrogens (primary N) is 1. The first-order chi connectivity index (χ1) is 8.29. The van der Waals surface area contributed by atoms with E-state index < -0.39 is 0 Å². The standard InChI is InChI=1S/C12H13N3O2/c13-5-11-10-6-17-7-12(10)15(14-11)8-1-3-9(16)4-2-8/h1-4,16H,5-7,13H2. The first-order valence-electron chi connectivity index (χ1n) is 5.46. The molecule has 1 aliphatic heterocycles. The van der Waals surface area contributed by atoms with Crippen LogP contribution in [0.5, 0.6) is 5.75 Å². The van der Waals surface area contributed by atoms with Gasteiger partial charge in [-0.15, -0.1) is 0 Å². The normalized spacial score (nSPS) is 13.9. The number of fused-ring (bicyclic) bond motifs is 1. The highest BCUT2D eigenvalue weighted by Gasteiger charge is 2.22. The van der Waals surface area contributed by atoms with E-state index in [0.29, 0.717) is 19.8 Å². The van der Waals surface area contributed by atoms with Crippen molar-refractivity contribution < 1.29 is 9.84 Å². The average Bonchev–Trinajstić information content (AvgIpc) is 2.91. The monoisotopic (exact) mass is 231 g/mol. The van der Waals surface area contributed by atoms with Crippen LogP contribution in [0, 0.1) is 0 Å². The van der Waals surface area contributed by atoms with E-state index in [2.05, 4.69) is 5.10 Å². The molecule has 5 nitrogen and oxygen atoms in total. The first kappa shape index (κ1) is 10.3. The first-order valence-corrected chi connectivity index (χ1v) is 5.46. The number of phenolic OH excluding ortho intramolecular Hbond substituents is 1. The van der Waals surface area contributed by atoms with Crippen LogP contribution in [0.15, 0.2) is 24.3 Å². The van der Waals surface area contributed by atoms with Crippen molar-refractivity contribution >= 4 is 0 Å². The van der Waals surface area contributed by atoms with E-state index in [1.165, 1.54) is 0 Å². The Morgan fingerprint density at radius 3 is 2.76 bits per heavy atom. The number of rotatable bonds is 2. The summed E-state index contributed by atoms with van der Waals surface area (Å²) in [4.78, 5) is 0. The number of aromatic nitrogens is 2. The van der Waals surface area contributed by atoms with E-state index in [1.54, 1.807) is 12.1 Å². The minimum atomic E-state index is 0.243. The van der Waals surface area contributed by atoms with Gasteiger partial charge < -0.3 is 15.6 Å². The molecule has 3 rings (SSSR count). The van der Waals surface area contributed by atoms with Crippen LogP contribution in [0.3, 0.4) is 0 Å². The second-order valence-corrected chi connectivity index (χ2v) is 4.00. The van der Waals surface area contributed by atoms with Crippen LogP contribution in [0.2, 0.25) is 0 Å². The highest BCUT2D eigenvalue weighted by molar-refractivity contribution is 5.41. The zero-order valence-corrected chi connectivity index (χ0v) is 9.26. The molecule has 5 heteroatoms. The van der Waals surface area contributed by atoms with E-state index in [0.717, 1.165) is 22.6 Å². The van der Waals surface area contributed by atoms with Crippen LogP contribution in [0.4, 0.5) is 0 Å². The molecule has 0 radical (unpaired) electrons. The molecule has 1 aliphatic rings.